The molecule has 0 amide bonds. The molecule has 0 aliphatic carbocycles. The minimum Gasteiger partial charge on any atom is -0.361 e. The summed E-state index contributed by atoms with van der Waals surface area (Å²) in [7, 11) is 0. The van der Waals surface area contributed by atoms with Crippen LogP contribution in [0.2, 0.25) is 0 Å². The first-order valence-electron chi connectivity index (χ1n) is 5.62. The van der Waals surface area contributed by atoms with Crippen molar-refractivity contribution in [1.29, 1.82) is 0 Å². The molecular weight excluding hydrogens is 216 g/mol. The lowest BCUT2D eigenvalue weighted by molar-refractivity contribution is 1.08. The van der Waals surface area contributed by atoms with Crippen LogP contribution in [0.25, 0.3) is 10.9 Å². The van der Waals surface area contributed by atoms with Crippen molar-refractivity contribution in [1.82, 2.24) is 4.98 Å². The van der Waals surface area contributed by atoms with Crippen molar-refractivity contribution in [3.05, 3.63) is 35.5 Å². The molecule has 1 heterocycles. The Bertz CT molecular complexity index is 474. The highest BCUT2D eigenvalue weighted by Gasteiger charge is 2.08. The second-order valence-corrected chi connectivity index (χ2v) is 5.78. The fourth-order valence-corrected chi connectivity index (χ4v) is 2.62. The Hall–Kier alpha value is -0.930. The van der Waals surface area contributed by atoms with Crippen molar-refractivity contribution in [2.75, 3.05) is 0 Å². The van der Waals surface area contributed by atoms with Crippen LogP contribution in [0.1, 0.15) is 25.0 Å². The minimum absolute atomic E-state index is 0.606. The largest absolute Gasteiger partial charge is 0.361 e. The van der Waals surface area contributed by atoms with E-state index < -0.39 is 0 Å². The number of hydrogen-bond donors (Lipinski definition) is 2. The Kier molecular flexibility index (Phi) is 3.56. The standard InChI is InChI=1S/C13H18N2S/c1-9(2)16-8-11-7-15-12-5-3-4-10(6-14)13(11)12/h3-5,7,9,15H,6,8,14H2,1-2H3. The molecule has 0 bridgehead atoms. The zero-order valence-corrected chi connectivity index (χ0v) is 10.6. The molecule has 2 rings (SSSR count). The summed E-state index contributed by atoms with van der Waals surface area (Å²) in [5.74, 6) is 1.05. The molecule has 3 N–H and O–H groups in total. The van der Waals surface area contributed by atoms with Gasteiger partial charge in [-0.25, -0.2) is 0 Å². The summed E-state index contributed by atoms with van der Waals surface area (Å²) in [6, 6.07) is 6.28. The smallest absolute Gasteiger partial charge is 0.0460 e. The van der Waals surface area contributed by atoms with E-state index in [1.165, 1.54) is 22.0 Å². The molecule has 0 atom stereocenters. The van der Waals surface area contributed by atoms with E-state index >= 15 is 0 Å². The Balaban J connectivity index is 2.38. The summed E-state index contributed by atoms with van der Waals surface area (Å²) in [6.45, 7) is 5.06. The topological polar surface area (TPSA) is 41.8 Å². The maximum Gasteiger partial charge on any atom is 0.0460 e. The molecule has 16 heavy (non-hydrogen) atoms. The number of aromatic nitrogens is 1. The second-order valence-electron chi connectivity index (χ2n) is 4.22. The van der Waals surface area contributed by atoms with Crippen LogP contribution in [0, 0.1) is 0 Å². The van der Waals surface area contributed by atoms with Crippen LogP contribution in [0.4, 0.5) is 0 Å². The van der Waals surface area contributed by atoms with E-state index in [1.54, 1.807) is 0 Å². The van der Waals surface area contributed by atoms with E-state index in [-0.39, 0.29) is 0 Å². The molecule has 0 aliphatic heterocycles. The van der Waals surface area contributed by atoms with Crippen LogP contribution < -0.4 is 5.73 Å². The van der Waals surface area contributed by atoms with E-state index in [0.29, 0.717) is 11.8 Å². The number of H-pyrrole nitrogens is 1. The highest BCUT2D eigenvalue weighted by atomic mass is 32.2. The van der Waals surface area contributed by atoms with Crippen LogP contribution in [0.5, 0.6) is 0 Å². The Morgan fingerprint density at radius 2 is 2.12 bits per heavy atom. The molecule has 1 aromatic carbocycles. The van der Waals surface area contributed by atoms with Gasteiger partial charge in [0.1, 0.15) is 0 Å². The lowest BCUT2D eigenvalue weighted by atomic mass is 10.1. The Morgan fingerprint density at radius 1 is 1.31 bits per heavy atom. The zero-order chi connectivity index (χ0) is 11.5. The number of rotatable bonds is 4. The predicted molar refractivity (Wildman–Crippen MR) is 72.6 cm³/mol. The maximum atomic E-state index is 5.78. The fraction of sp³-hybridized carbons (Fsp3) is 0.385. The SMILES string of the molecule is CC(C)SCc1c[nH]c2cccc(CN)c12. The lowest BCUT2D eigenvalue weighted by Gasteiger charge is -2.06. The molecule has 0 unspecified atom stereocenters. The third-order valence-corrected chi connectivity index (χ3v) is 3.81. The molecule has 0 spiro atoms. The van der Waals surface area contributed by atoms with Crippen LogP contribution in [0.3, 0.4) is 0 Å². The molecule has 0 fully saturated rings. The molecule has 0 aliphatic rings. The lowest BCUT2D eigenvalue weighted by Crippen LogP contribution is -1.97. The summed E-state index contributed by atoms with van der Waals surface area (Å²) in [5, 5.41) is 1.98. The average molecular weight is 234 g/mol. The molecule has 2 nitrogen and oxygen atoms in total. The minimum atomic E-state index is 0.606. The molecule has 0 saturated carbocycles. The van der Waals surface area contributed by atoms with Crippen molar-refractivity contribution in [3.63, 3.8) is 0 Å². The number of benzene rings is 1. The van der Waals surface area contributed by atoms with Crippen molar-refractivity contribution in [2.45, 2.75) is 31.4 Å². The fourth-order valence-electron chi connectivity index (χ4n) is 1.88. The zero-order valence-electron chi connectivity index (χ0n) is 9.79. The van der Waals surface area contributed by atoms with Gasteiger partial charge in [-0.2, -0.15) is 11.8 Å². The van der Waals surface area contributed by atoms with Gasteiger partial charge in [0.05, 0.1) is 0 Å². The number of aromatic amines is 1. The van der Waals surface area contributed by atoms with Gasteiger partial charge in [-0.3, -0.25) is 0 Å². The predicted octanol–water partition coefficient (Wildman–Crippen LogP) is 3.27. The molecule has 86 valence electrons. The van der Waals surface area contributed by atoms with Crippen molar-refractivity contribution in [2.24, 2.45) is 5.73 Å². The second kappa shape index (κ2) is 4.93. The third-order valence-electron chi connectivity index (χ3n) is 2.67. The number of thioether (sulfide) groups is 1. The van der Waals surface area contributed by atoms with E-state index in [9.17, 15) is 0 Å². The quantitative estimate of drug-likeness (QED) is 0.852. The van der Waals surface area contributed by atoms with Gasteiger partial charge >= 0.3 is 0 Å². The van der Waals surface area contributed by atoms with Crippen molar-refractivity contribution < 1.29 is 0 Å². The van der Waals surface area contributed by atoms with Crippen LogP contribution >= 0.6 is 11.8 Å². The van der Waals surface area contributed by atoms with Crippen molar-refractivity contribution in [3.8, 4) is 0 Å². The van der Waals surface area contributed by atoms with Gasteiger partial charge in [0.25, 0.3) is 0 Å². The summed E-state index contributed by atoms with van der Waals surface area (Å²) in [6.07, 6.45) is 2.11. The molecular formula is C13H18N2S. The molecule has 0 radical (unpaired) electrons. The molecule has 2 aromatic rings. The normalized spacial score (nSPS) is 11.5. The average Bonchev–Trinajstić information content (AvgIpc) is 2.69. The number of hydrogen-bond acceptors (Lipinski definition) is 2. The van der Waals surface area contributed by atoms with Gasteiger partial charge in [-0.15, -0.1) is 0 Å². The van der Waals surface area contributed by atoms with E-state index in [1.807, 2.05) is 11.8 Å². The Morgan fingerprint density at radius 3 is 2.81 bits per heavy atom. The van der Waals surface area contributed by atoms with Crippen LogP contribution in [-0.4, -0.2) is 10.2 Å². The maximum absolute atomic E-state index is 5.78. The summed E-state index contributed by atoms with van der Waals surface area (Å²) >= 11 is 1.96. The number of nitrogens with one attached hydrogen (secondary N) is 1. The van der Waals surface area contributed by atoms with Gasteiger partial charge in [0, 0.05) is 29.4 Å². The first-order chi connectivity index (χ1) is 7.72. The van der Waals surface area contributed by atoms with Gasteiger partial charge in [-0.1, -0.05) is 26.0 Å². The first-order valence-corrected chi connectivity index (χ1v) is 6.66. The first kappa shape index (κ1) is 11.6. The number of fused-ring (bicyclic) bond motifs is 1. The van der Waals surface area contributed by atoms with E-state index in [2.05, 4.69) is 43.2 Å². The van der Waals surface area contributed by atoms with Crippen molar-refractivity contribution >= 4 is 22.7 Å². The Labute approximate surface area is 101 Å². The van der Waals surface area contributed by atoms with E-state index in [0.717, 1.165) is 5.75 Å². The summed E-state index contributed by atoms with van der Waals surface area (Å²) in [5.41, 5.74) is 9.58. The molecule has 0 saturated heterocycles. The summed E-state index contributed by atoms with van der Waals surface area (Å²) in [4.78, 5) is 3.32. The van der Waals surface area contributed by atoms with E-state index in [4.69, 9.17) is 5.73 Å². The highest BCUT2D eigenvalue weighted by molar-refractivity contribution is 7.99. The van der Waals surface area contributed by atoms with Gasteiger partial charge in [0.15, 0.2) is 0 Å². The number of nitrogens with two attached hydrogens (primary N) is 1. The van der Waals surface area contributed by atoms with Gasteiger partial charge in [0.2, 0.25) is 0 Å². The van der Waals surface area contributed by atoms with Gasteiger partial charge in [-0.05, 0) is 22.4 Å². The molecule has 1 aromatic heterocycles. The van der Waals surface area contributed by atoms with Crippen LogP contribution in [0.15, 0.2) is 24.4 Å². The van der Waals surface area contributed by atoms with Gasteiger partial charge < -0.3 is 10.7 Å². The third kappa shape index (κ3) is 2.25. The van der Waals surface area contributed by atoms with Crippen LogP contribution in [-0.2, 0) is 12.3 Å². The molecule has 3 heteroatoms. The summed E-state index contributed by atoms with van der Waals surface area (Å²) < 4.78 is 0. The highest BCUT2D eigenvalue weighted by Crippen LogP contribution is 2.27. The monoisotopic (exact) mass is 234 g/mol.